The van der Waals surface area contributed by atoms with Crippen molar-refractivity contribution in [2.45, 2.75) is 6.36 Å². The molecule has 0 N–H and O–H groups in total. The zero-order valence-corrected chi connectivity index (χ0v) is 11.8. The average molecular weight is 335 g/mol. The van der Waals surface area contributed by atoms with E-state index in [1.807, 2.05) is 0 Å². The normalized spacial score (nSPS) is 11.3. The summed E-state index contributed by atoms with van der Waals surface area (Å²) in [6, 6.07) is 9.68. The maximum Gasteiger partial charge on any atom is 0.573 e. The van der Waals surface area contributed by atoms with Gasteiger partial charge in [-0.15, -0.1) is 13.2 Å². The van der Waals surface area contributed by atoms with Gasteiger partial charge in [0.05, 0.1) is 0 Å². The summed E-state index contributed by atoms with van der Waals surface area (Å²) in [4.78, 5) is 11.0. The van der Waals surface area contributed by atoms with E-state index in [1.165, 1.54) is 36.4 Å². The lowest BCUT2D eigenvalue weighted by atomic mass is 10.0. The van der Waals surface area contributed by atoms with Crippen molar-refractivity contribution in [3.63, 3.8) is 0 Å². The molecule has 2 aromatic rings. The molecule has 0 unspecified atom stereocenters. The average Bonchev–Trinajstić information content (AvgIpc) is 2.38. The Kier molecular flexibility index (Phi) is 4.44. The summed E-state index contributed by atoms with van der Waals surface area (Å²) in [6.45, 7) is 0. The van der Waals surface area contributed by atoms with Crippen molar-refractivity contribution in [2.24, 2.45) is 0 Å². The Labute approximate surface area is 128 Å². The number of alkyl halides is 3. The first-order valence-electron chi connectivity index (χ1n) is 5.62. The van der Waals surface area contributed by atoms with E-state index < -0.39 is 11.6 Å². The largest absolute Gasteiger partial charge is 0.573 e. The van der Waals surface area contributed by atoms with Crippen LogP contribution in [-0.4, -0.2) is 11.6 Å². The van der Waals surface area contributed by atoms with E-state index in [2.05, 4.69) is 4.74 Å². The molecule has 0 amide bonds. The van der Waals surface area contributed by atoms with E-state index in [4.69, 9.17) is 23.2 Å². The lowest BCUT2D eigenvalue weighted by Gasteiger charge is -2.10. The van der Waals surface area contributed by atoms with Crippen LogP contribution in [0.3, 0.4) is 0 Å². The molecule has 2 aromatic carbocycles. The third-order valence-corrected chi connectivity index (χ3v) is 3.13. The molecular weight excluding hydrogens is 328 g/mol. The van der Waals surface area contributed by atoms with Crippen molar-refractivity contribution in [1.82, 2.24) is 0 Å². The highest BCUT2D eigenvalue weighted by atomic mass is 35.5. The Balaban J connectivity index is 2.29. The Morgan fingerprint density at radius 2 is 1.67 bits per heavy atom. The number of hydrogen-bond acceptors (Lipinski definition) is 2. The Morgan fingerprint density at radius 1 is 1.05 bits per heavy atom. The maximum atomic E-state index is 12.1. The summed E-state index contributed by atoms with van der Waals surface area (Å²) < 4.78 is 40.0. The molecular formula is C14H7Cl2F3O2. The fourth-order valence-corrected chi connectivity index (χ4v) is 2.11. The molecule has 110 valence electrons. The minimum atomic E-state index is -4.73. The van der Waals surface area contributed by atoms with Gasteiger partial charge in [-0.3, -0.25) is 4.79 Å². The lowest BCUT2D eigenvalue weighted by molar-refractivity contribution is -0.274. The lowest BCUT2D eigenvalue weighted by Crippen LogP contribution is -2.16. The number of benzene rings is 2. The Morgan fingerprint density at radius 3 is 2.14 bits per heavy atom. The summed E-state index contributed by atoms with van der Waals surface area (Å²) >= 11 is 11.4. The monoisotopic (exact) mass is 334 g/mol. The van der Waals surface area contributed by atoms with Crippen molar-refractivity contribution in [2.75, 3.05) is 0 Å². The summed E-state index contributed by atoms with van der Waals surface area (Å²) in [5, 5.41) is -0.372. The number of ether oxygens (including phenoxy) is 1. The van der Waals surface area contributed by atoms with E-state index in [0.29, 0.717) is 11.1 Å². The van der Waals surface area contributed by atoms with Crippen LogP contribution in [0.25, 0.3) is 11.1 Å². The van der Waals surface area contributed by atoms with Crippen molar-refractivity contribution >= 4 is 28.4 Å². The second kappa shape index (κ2) is 5.95. The van der Waals surface area contributed by atoms with E-state index in [0.717, 1.165) is 0 Å². The van der Waals surface area contributed by atoms with Gasteiger partial charge in [-0.25, -0.2) is 0 Å². The third kappa shape index (κ3) is 4.12. The molecule has 0 saturated carbocycles. The number of halogens is 5. The fraction of sp³-hybridized carbons (Fsp3) is 0.0714. The molecule has 7 heteroatoms. The number of carbonyl (C=O) groups is 1. The summed E-state index contributed by atoms with van der Waals surface area (Å²) in [6.07, 6.45) is -4.73. The van der Waals surface area contributed by atoms with Crippen LogP contribution < -0.4 is 4.74 Å². The van der Waals surface area contributed by atoms with Crippen LogP contribution >= 0.6 is 23.2 Å². The van der Waals surface area contributed by atoms with Gasteiger partial charge in [-0.1, -0.05) is 29.8 Å². The SMILES string of the molecule is O=C(Cl)c1ccc(-c2ccc(OC(F)(F)F)cc2)c(Cl)c1. The number of carbonyl (C=O) groups excluding carboxylic acids is 1. The highest BCUT2D eigenvalue weighted by Crippen LogP contribution is 2.31. The molecule has 0 aromatic heterocycles. The van der Waals surface area contributed by atoms with Gasteiger partial charge in [0.15, 0.2) is 0 Å². The molecule has 0 aliphatic carbocycles. The van der Waals surface area contributed by atoms with Crippen LogP contribution in [0, 0.1) is 0 Å². The van der Waals surface area contributed by atoms with E-state index in [-0.39, 0.29) is 16.3 Å². The molecule has 0 fully saturated rings. The van der Waals surface area contributed by atoms with Crippen LogP contribution in [0.4, 0.5) is 13.2 Å². The van der Waals surface area contributed by atoms with E-state index >= 15 is 0 Å². The third-order valence-electron chi connectivity index (χ3n) is 2.59. The van der Waals surface area contributed by atoms with Crippen LogP contribution in [0.2, 0.25) is 5.02 Å². The van der Waals surface area contributed by atoms with Crippen molar-refractivity contribution in [3.05, 3.63) is 53.1 Å². The van der Waals surface area contributed by atoms with Gasteiger partial charge in [0, 0.05) is 16.1 Å². The Bertz CT molecular complexity index is 667. The summed E-state index contributed by atoms with van der Waals surface area (Å²) in [5.74, 6) is -0.324. The van der Waals surface area contributed by atoms with Crippen molar-refractivity contribution < 1.29 is 22.7 Å². The molecule has 0 atom stereocenters. The maximum absolute atomic E-state index is 12.1. The molecule has 0 radical (unpaired) electrons. The smallest absolute Gasteiger partial charge is 0.406 e. The van der Waals surface area contributed by atoms with Crippen molar-refractivity contribution in [3.8, 4) is 16.9 Å². The van der Waals surface area contributed by atoms with Gasteiger partial charge in [-0.05, 0) is 41.4 Å². The quantitative estimate of drug-likeness (QED) is 0.713. The topological polar surface area (TPSA) is 26.3 Å². The van der Waals surface area contributed by atoms with Gasteiger partial charge < -0.3 is 4.74 Å². The molecule has 0 spiro atoms. The molecule has 21 heavy (non-hydrogen) atoms. The first-order valence-corrected chi connectivity index (χ1v) is 6.37. The van der Waals surface area contributed by atoms with Crippen LogP contribution in [-0.2, 0) is 0 Å². The van der Waals surface area contributed by atoms with Crippen LogP contribution in [0.5, 0.6) is 5.75 Å². The second-order valence-corrected chi connectivity index (χ2v) is 4.79. The molecule has 0 bridgehead atoms. The van der Waals surface area contributed by atoms with E-state index in [9.17, 15) is 18.0 Å². The van der Waals surface area contributed by atoms with E-state index in [1.54, 1.807) is 6.07 Å². The molecule has 0 aliphatic heterocycles. The van der Waals surface area contributed by atoms with Gasteiger partial charge in [0.25, 0.3) is 5.24 Å². The van der Waals surface area contributed by atoms with Gasteiger partial charge in [0.2, 0.25) is 0 Å². The number of hydrogen-bond donors (Lipinski definition) is 0. The predicted molar refractivity (Wildman–Crippen MR) is 73.8 cm³/mol. The predicted octanol–water partition coefficient (Wildman–Crippen LogP) is 5.28. The number of rotatable bonds is 3. The minimum absolute atomic E-state index is 0.238. The van der Waals surface area contributed by atoms with Crippen molar-refractivity contribution in [1.29, 1.82) is 0 Å². The van der Waals surface area contributed by atoms with Gasteiger partial charge >= 0.3 is 6.36 Å². The second-order valence-electron chi connectivity index (χ2n) is 4.04. The first kappa shape index (κ1) is 15.7. The fourth-order valence-electron chi connectivity index (χ4n) is 1.71. The van der Waals surface area contributed by atoms with Gasteiger partial charge in [0.1, 0.15) is 5.75 Å². The Hall–Kier alpha value is -1.72. The molecule has 0 saturated heterocycles. The molecule has 2 rings (SSSR count). The minimum Gasteiger partial charge on any atom is -0.406 e. The molecule has 0 aliphatic rings. The standard InChI is InChI=1S/C14H7Cl2F3O2/c15-12-7-9(13(16)20)3-6-11(12)8-1-4-10(5-2-8)21-14(17,18)19/h1-7H. The van der Waals surface area contributed by atoms with Crippen LogP contribution in [0.1, 0.15) is 10.4 Å². The van der Waals surface area contributed by atoms with Gasteiger partial charge in [-0.2, -0.15) is 0 Å². The highest BCUT2D eigenvalue weighted by molar-refractivity contribution is 6.67. The molecule has 2 nitrogen and oxygen atoms in total. The summed E-state index contributed by atoms with van der Waals surface area (Å²) in [7, 11) is 0. The zero-order valence-electron chi connectivity index (χ0n) is 10.2. The molecule has 0 heterocycles. The summed E-state index contributed by atoms with van der Waals surface area (Å²) in [5.41, 5.74) is 1.39. The first-order chi connectivity index (χ1) is 9.76. The highest BCUT2D eigenvalue weighted by Gasteiger charge is 2.30. The van der Waals surface area contributed by atoms with Crippen LogP contribution in [0.15, 0.2) is 42.5 Å². The zero-order chi connectivity index (χ0) is 15.6.